The van der Waals surface area contributed by atoms with Crippen LogP contribution in [0, 0.1) is 11.8 Å². The third kappa shape index (κ3) is 3.82. The zero-order valence-corrected chi connectivity index (χ0v) is 11.4. The molecule has 3 unspecified atom stereocenters. The van der Waals surface area contributed by atoms with E-state index in [1.807, 2.05) is 6.07 Å². The number of nitrogens with one attached hydrogen (secondary N) is 1. The van der Waals surface area contributed by atoms with Crippen molar-refractivity contribution in [1.29, 1.82) is 0 Å². The Morgan fingerprint density at radius 1 is 1.26 bits per heavy atom. The van der Waals surface area contributed by atoms with E-state index in [0.717, 1.165) is 12.1 Å². The summed E-state index contributed by atoms with van der Waals surface area (Å²) in [6.07, 6.45) is 3.62. The zero-order valence-electron chi connectivity index (χ0n) is 11.4. The standard InChI is InChI=1S/C15H21F2NO/c1-10-5-3-8-14(11(10)2)18-12-6-4-7-13(9-12)19-15(16)17/h4,6-7,9-11,14-15,18H,3,5,8H2,1-2H3. The van der Waals surface area contributed by atoms with E-state index in [-0.39, 0.29) is 5.75 Å². The van der Waals surface area contributed by atoms with Crippen molar-refractivity contribution in [3.63, 3.8) is 0 Å². The molecule has 3 atom stereocenters. The van der Waals surface area contributed by atoms with Crippen molar-refractivity contribution in [3.8, 4) is 5.75 Å². The van der Waals surface area contributed by atoms with Crippen LogP contribution in [0.5, 0.6) is 5.75 Å². The third-order valence-corrected chi connectivity index (χ3v) is 4.12. The van der Waals surface area contributed by atoms with Crippen LogP contribution < -0.4 is 10.1 Å². The van der Waals surface area contributed by atoms with E-state index in [4.69, 9.17) is 0 Å². The molecule has 0 amide bonds. The summed E-state index contributed by atoms with van der Waals surface area (Å²) < 4.78 is 28.8. The maximum atomic E-state index is 12.2. The number of alkyl halides is 2. The van der Waals surface area contributed by atoms with Crippen LogP contribution in [-0.2, 0) is 0 Å². The van der Waals surface area contributed by atoms with Crippen molar-refractivity contribution >= 4 is 5.69 Å². The number of hydrogen-bond acceptors (Lipinski definition) is 2. The number of halogens is 2. The molecule has 0 radical (unpaired) electrons. The van der Waals surface area contributed by atoms with E-state index in [1.54, 1.807) is 18.2 Å². The summed E-state index contributed by atoms with van der Waals surface area (Å²) in [7, 11) is 0. The van der Waals surface area contributed by atoms with Gasteiger partial charge in [-0.15, -0.1) is 0 Å². The molecule has 0 bridgehead atoms. The maximum Gasteiger partial charge on any atom is 0.387 e. The molecule has 2 rings (SSSR count). The van der Waals surface area contributed by atoms with E-state index < -0.39 is 6.61 Å². The predicted molar refractivity (Wildman–Crippen MR) is 72.7 cm³/mol. The van der Waals surface area contributed by atoms with Gasteiger partial charge in [0.15, 0.2) is 0 Å². The van der Waals surface area contributed by atoms with Crippen LogP contribution in [0.15, 0.2) is 24.3 Å². The molecule has 1 aromatic rings. The monoisotopic (exact) mass is 269 g/mol. The van der Waals surface area contributed by atoms with Crippen LogP contribution in [0.3, 0.4) is 0 Å². The lowest BCUT2D eigenvalue weighted by atomic mass is 9.78. The predicted octanol–water partition coefficient (Wildman–Crippen LogP) is 4.52. The molecule has 1 N–H and O–H groups in total. The Labute approximate surface area is 113 Å². The summed E-state index contributed by atoms with van der Waals surface area (Å²) >= 11 is 0. The summed E-state index contributed by atoms with van der Waals surface area (Å²) in [4.78, 5) is 0. The molecule has 0 saturated heterocycles. The number of ether oxygens (including phenoxy) is 1. The second kappa shape index (κ2) is 6.22. The van der Waals surface area contributed by atoms with Gasteiger partial charge in [0.05, 0.1) is 0 Å². The minimum Gasteiger partial charge on any atom is -0.435 e. The number of rotatable bonds is 4. The molecule has 0 aliphatic heterocycles. The first-order chi connectivity index (χ1) is 9.06. The fourth-order valence-electron chi connectivity index (χ4n) is 2.76. The van der Waals surface area contributed by atoms with Crippen LogP contribution in [0.25, 0.3) is 0 Å². The van der Waals surface area contributed by atoms with Crippen molar-refractivity contribution in [2.24, 2.45) is 11.8 Å². The van der Waals surface area contributed by atoms with Gasteiger partial charge in [-0.25, -0.2) is 0 Å². The van der Waals surface area contributed by atoms with E-state index in [9.17, 15) is 8.78 Å². The lowest BCUT2D eigenvalue weighted by Crippen LogP contribution is -2.34. The van der Waals surface area contributed by atoms with Crippen LogP contribution in [0.2, 0.25) is 0 Å². The second-order valence-corrected chi connectivity index (χ2v) is 5.42. The fraction of sp³-hybridized carbons (Fsp3) is 0.600. The van der Waals surface area contributed by atoms with Gasteiger partial charge in [0, 0.05) is 17.8 Å². The summed E-state index contributed by atoms with van der Waals surface area (Å²) in [5, 5.41) is 3.45. The first-order valence-corrected chi connectivity index (χ1v) is 6.87. The van der Waals surface area contributed by atoms with Gasteiger partial charge in [0.1, 0.15) is 5.75 Å². The quantitative estimate of drug-likeness (QED) is 0.867. The summed E-state index contributed by atoms with van der Waals surface area (Å²) in [5.74, 6) is 1.50. The van der Waals surface area contributed by atoms with E-state index in [2.05, 4.69) is 23.9 Å². The van der Waals surface area contributed by atoms with E-state index in [0.29, 0.717) is 17.9 Å². The molecule has 1 aliphatic carbocycles. The van der Waals surface area contributed by atoms with Crippen molar-refractivity contribution in [3.05, 3.63) is 24.3 Å². The van der Waals surface area contributed by atoms with Crippen molar-refractivity contribution in [2.45, 2.75) is 45.8 Å². The molecular weight excluding hydrogens is 248 g/mol. The molecule has 1 aliphatic rings. The molecule has 4 heteroatoms. The Bertz CT molecular complexity index is 411. The zero-order chi connectivity index (χ0) is 13.8. The Balaban J connectivity index is 2.02. The van der Waals surface area contributed by atoms with E-state index in [1.165, 1.54) is 12.8 Å². The normalized spacial score (nSPS) is 27.3. The van der Waals surface area contributed by atoms with Crippen LogP contribution >= 0.6 is 0 Å². The molecule has 19 heavy (non-hydrogen) atoms. The molecule has 1 saturated carbocycles. The minimum atomic E-state index is -2.77. The lowest BCUT2D eigenvalue weighted by molar-refractivity contribution is -0.0498. The maximum absolute atomic E-state index is 12.2. The molecule has 1 aromatic carbocycles. The van der Waals surface area contributed by atoms with Gasteiger partial charge in [0.25, 0.3) is 0 Å². The Morgan fingerprint density at radius 3 is 2.79 bits per heavy atom. The Kier molecular flexibility index (Phi) is 4.61. The molecule has 2 nitrogen and oxygen atoms in total. The van der Waals surface area contributed by atoms with Crippen molar-refractivity contribution < 1.29 is 13.5 Å². The van der Waals surface area contributed by atoms with E-state index >= 15 is 0 Å². The SMILES string of the molecule is CC1CCCC(Nc2cccc(OC(F)F)c2)C1C. The summed E-state index contributed by atoms with van der Waals surface area (Å²) in [6, 6.07) is 7.22. The van der Waals surface area contributed by atoms with Crippen molar-refractivity contribution in [1.82, 2.24) is 0 Å². The Morgan fingerprint density at radius 2 is 2.05 bits per heavy atom. The molecule has 1 fully saturated rings. The third-order valence-electron chi connectivity index (χ3n) is 4.12. The first-order valence-electron chi connectivity index (χ1n) is 6.87. The molecule has 0 spiro atoms. The largest absolute Gasteiger partial charge is 0.435 e. The number of hydrogen-bond donors (Lipinski definition) is 1. The van der Waals surface area contributed by atoms with Crippen molar-refractivity contribution in [2.75, 3.05) is 5.32 Å². The molecular formula is C15H21F2NO. The number of benzene rings is 1. The fourth-order valence-corrected chi connectivity index (χ4v) is 2.76. The Hall–Kier alpha value is -1.32. The minimum absolute atomic E-state index is 0.205. The number of anilines is 1. The highest BCUT2D eigenvalue weighted by molar-refractivity contribution is 5.49. The molecule has 0 aromatic heterocycles. The van der Waals surface area contributed by atoms with Crippen LogP contribution in [0.1, 0.15) is 33.1 Å². The lowest BCUT2D eigenvalue weighted by Gasteiger charge is -2.35. The summed E-state index contributed by atoms with van der Waals surface area (Å²) in [5.41, 5.74) is 0.851. The van der Waals surface area contributed by atoms with Crippen LogP contribution in [0.4, 0.5) is 14.5 Å². The second-order valence-electron chi connectivity index (χ2n) is 5.42. The smallest absolute Gasteiger partial charge is 0.387 e. The van der Waals surface area contributed by atoms with Gasteiger partial charge >= 0.3 is 6.61 Å². The van der Waals surface area contributed by atoms with Gasteiger partial charge in [-0.2, -0.15) is 8.78 Å². The van der Waals surface area contributed by atoms with Gasteiger partial charge < -0.3 is 10.1 Å². The molecule has 106 valence electrons. The van der Waals surface area contributed by atoms with Gasteiger partial charge in [0.2, 0.25) is 0 Å². The highest BCUT2D eigenvalue weighted by Crippen LogP contribution is 2.32. The van der Waals surface area contributed by atoms with Gasteiger partial charge in [-0.3, -0.25) is 0 Å². The highest BCUT2D eigenvalue weighted by Gasteiger charge is 2.26. The molecule has 0 heterocycles. The van der Waals surface area contributed by atoms with Crippen LogP contribution in [-0.4, -0.2) is 12.7 Å². The first kappa shape index (κ1) is 14.1. The average Bonchev–Trinajstić information content (AvgIpc) is 2.35. The topological polar surface area (TPSA) is 21.3 Å². The highest BCUT2D eigenvalue weighted by atomic mass is 19.3. The summed E-state index contributed by atoms with van der Waals surface area (Å²) in [6.45, 7) is 1.75. The van der Waals surface area contributed by atoms with Gasteiger partial charge in [-0.1, -0.05) is 32.8 Å². The van der Waals surface area contributed by atoms with Gasteiger partial charge in [-0.05, 0) is 30.4 Å². The average molecular weight is 269 g/mol.